The van der Waals surface area contributed by atoms with Crippen LogP contribution in [0.15, 0.2) is 0 Å². The van der Waals surface area contributed by atoms with Gasteiger partial charge < -0.3 is 26.2 Å². The van der Waals surface area contributed by atoms with Gasteiger partial charge in [0.1, 0.15) is 0 Å². The van der Waals surface area contributed by atoms with E-state index >= 15 is 0 Å². The van der Waals surface area contributed by atoms with E-state index in [0.29, 0.717) is 19.3 Å². The van der Waals surface area contributed by atoms with Crippen molar-refractivity contribution in [3.05, 3.63) is 0 Å². The van der Waals surface area contributed by atoms with E-state index in [4.69, 9.17) is 5.73 Å². The molecule has 5 N–H and O–H groups in total. The maximum atomic E-state index is 11.4. The summed E-state index contributed by atoms with van der Waals surface area (Å²) in [6, 6.07) is -0.349. The fourth-order valence-electron chi connectivity index (χ4n) is 2.95. The lowest BCUT2D eigenvalue weighted by Gasteiger charge is -2.41. The Hall–Kier alpha value is -1.34. The highest BCUT2D eigenvalue weighted by molar-refractivity contribution is 5.78. The number of carboxylic acid groups (broad SMARTS) is 1. The van der Waals surface area contributed by atoms with Crippen LogP contribution in [0.1, 0.15) is 33.1 Å². The van der Waals surface area contributed by atoms with Crippen LogP contribution < -0.4 is 11.1 Å². The molecule has 0 aromatic rings. The zero-order chi connectivity index (χ0) is 15.3. The Kier molecular flexibility index (Phi) is 6.22. The highest BCUT2D eigenvalue weighted by Crippen LogP contribution is 2.29. The standard InChI is InChI=1S/C13H25N3O4/c1-8(2)16(13(19)20)10-3-4-11(9(5-10)7-17)15-12(18)6-14/h8-11,17H,3-7,14H2,1-2H3,(H,15,18)(H,19,20). The molecule has 3 unspecified atom stereocenters. The van der Waals surface area contributed by atoms with E-state index in [1.807, 2.05) is 13.8 Å². The number of hydrogen-bond donors (Lipinski definition) is 4. The molecule has 0 heterocycles. The van der Waals surface area contributed by atoms with Crippen molar-refractivity contribution in [2.45, 2.75) is 51.2 Å². The number of nitrogens with two attached hydrogens (primary N) is 1. The highest BCUT2D eigenvalue weighted by atomic mass is 16.4. The van der Waals surface area contributed by atoms with Crippen LogP contribution in [0.3, 0.4) is 0 Å². The molecule has 2 amide bonds. The minimum atomic E-state index is -0.939. The summed E-state index contributed by atoms with van der Waals surface area (Å²) in [6.45, 7) is 3.53. The molecule has 1 fully saturated rings. The molecule has 0 spiro atoms. The van der Waals surface area contributed by atoms with Crippen molar-refractivity contribution in [3.8, 4) is 0 Å². The molecule has 116 valence electrons. The van der Waals surface area contributed by atoms with Gasteiger partial charge in [-0.25, -0.2) is 4.79 Å². The summed E-state index contributed by atoms with van der Waals surface area (Å²) in [5.41, 5.74) is 5.27. The van der Waals surface area contributed by atoms with E-state index in [-0.39, 0.29) is 43.1 Å². The summed E-state index contributed by atoms with van der Waals surface area (Å²) in [4.78, 5) is 24.1. The maximum Gasteiger partial charge on any atom is 0.407 e. The Bertz CT molecular complexity index is 349. The highest BCUT2D eigenvalue weighted by Gasteiger charge is 2.36. The third-order valence-corrected chi connectivity index (χ3v) is 3.89. The van der Waals surface area contributed by atoms with Crippen molar-refractivity contribution in [1.29, 1.82) is 0 Å². The monoisotopic (exact) mass is 287 g/mol. The number of rotatable bonds is 5. The fourth-order valence-corrected chi connectivity index (χ4v) is 2.95. The van der Waals surface area contributed by atoms with Gasteiger partial charge in [-0.3, -0.25) is 4.79 Å². The number of nitrogens with one attached hydrogen (secondary N) is 1. The van der Waals surface area contributed by atoms with Crippen LogP contribution in [-0.2, 0) is 4.79 Å². The van der Waals surface area contributed by atoms with Crippen molar-refractivity contribution >= 4 is 12.0 Å². The smallest absolute Gasteiger partial charge is 0.407 e. The first-order chi connectivity index (χ1) is 9.40. The summed E-state index contributed by atoms with van der Waals surface area (Å²) in [5, 5.41) is 21.6. The molecule has 20 heavy (non-hydrogen) atoms. The molecule has 0 bridgehead atoms. The molecule has 3 atom stereocenters. The third kappa shape index (κ3) is 4.08. The van der Waals surface area contributed by atoms with Gasteiger partial charge in [0, 0.05) is 30.7 Å². The molecule has 0 aliphatic heterocycles. The summed E-state index contributed by atoms with van der Waals surface area (Å²) in [6.07, 6.45) is 0.941. The molecule has 1 aliphatic rings. The lowest BCUT2D eigenvalue weighted by Crippen LogP contribution is -2.53. The van der Waals surface area contributed by atoms with Crippen molar-refractivity contribution in [3.63, 3.8) is 0 Å². The Morgan fingerprint density at radius 1 is 1.40 bits per heavy atom. The van der Waals surface area contributed by atoms with Crippen molar-refractivity contribution in [2.24, 2.45) is 11.7 Å². The normalized spacial score (nSPS) is 26.4. The van der Waals surface area contributed by atoms with Gasteiger partial charge in [-0.05, 0) is 33.1 Å². The minimum Gasteiger partial charge on any atom is -0.465 e. The lowest BCUT2D eigenvalue weighted by molar-refractivity contribution is -0.121. The topological polar surface area (TPSA) is 116 Å². The summed E-state index contributed by atoms with van der Waals surface area (Å²) in [7, 11) is 0. The van der Waals surface area contributed by atoms with Gasteiger partial charge in [-0.15, -0.1) is 0 Å². The van der Waals surface area contributed by atoms with Crippen LogP contribution in [0.5, 0.6) is 0 Å². The van der Waals surface area contributed by atoms with Crippen LogP contribution in [0.2, 0.25) is 0 Å². The lowest BCUT2D eigenvalue weighted by atomic mass is 9.81. The summed E-state index contributed by atoms with van der Waals surface area (Å²) in [5.74, 6) is -0.379. The molecule has 0 saturated heterocycles. The molecule has 1 aliphatic carbocycles. The molecule has 0 radical (unpaired) electrons. The van der Waals surface area contributed by atoms with E-state index in [1.54, 1.807) is 0 Å². The predicted molar refractivity (Wildman–Crippen MR) is 74.2 cm³/mol. The van der Waals surface area contributed by atoms with E-state index in [2.05, 4.69) is 5.32 Å². The van der Waals surface area contributed by atoms with Crippen LogP contribution in [0.25, 0.3) is 0 Å². The van der Waals surface area contributed by atoms with Crippen LogP contribution in [-0.4, -0.2) is 58.4 Å². The Morgan fingerprint density at radius 3 is 2.50 bits per heavy atom. The number of carbonyl (C=O) groups is 2. The average Bonchev–Trinajstić information content (AvgIpc) is 2.39. The third-order valence-electron chi connectivity index (χ3n) is 3.89. The maximum absolute atomic E-state index is 11.4. The summed E-state index contributed by atoms with van der Waals surface area (Å²) < 4.78 is 0. The molecule has 1 rings (SSSR count). The Morgan fingerprint density at radius 2 is 2.05 bits per heavy atom. The second-order valence-electron chi connectivity index (χ2n) is 5.57. The molecule has 0 aromatic carbocycles. The molecular formula is C13H25N3O4. The van der Waals surface area contributed by atoms with Gasteiger partial charge in [0.15, 0.2) is 0 Å². The molecule has 1 saturated carbocycles. The fraction of sp³-hybridized carbons (Fsp3) is 0.846. The van der Waals surface area contributed by atoms with E-state index in [9.17, 15) is 19.8 Å². The van der Waals surface area contributed by atoms with E-state index < -0.39 is 6.09 Å². The predicted octanol–water partition coefficient (Wildman–Crippen LogP) is -0.0207. The molecular weight excluding hydrogens is 262 g/mol. The van der Waals surface area contributed by atoms with Crippen molar-refractivity contribution < 1.29 is 19.8 Å². The number of nitrogens with zero attached hydrogens (tertiary/aromatic N) is 1. The number of aliphatic hydroxyl groups excluding tert-OH is 1. The second kappa shape index (κ2) is 7.44. The first-order valence-corrected chi connectivity index (χ1v) is 7.02. The van der Waals surface area contributed by atoms with Crippen LogP contribution in [0.4, 0.5) is 4.79 Å². The minimum absolute atomic E-state index is 0.0719. The Balaban J connectivity index is 2.70. The van der Waals surface area contributed by atoms with Crippen LogP contribution >= 0.6 is 0 Å². The number of carbonyl (C=O) groups excluding carboxylic acids is 1. The van der Waals surface area contributed by atoms with Gasteiger partial charge in [-0.1, -0.05) is 0 Å². The Labute approximate surface area is 119 Å². The molecule has 7 nitrogen and oxygen atoms in total. The number of amides is 2. The van der Waals surface area contributed by atoms with E-state index in [0.717, 1.165) is 0 Å². The van der Waals surface area contributed by atoms with Gasteiger partial charge >= 0.3 is 6.09 Å². The average molecular weight is 287 g/mol. The first kappa shape index (κ1) is 16.7. The molecule has 7 heteroatoms. The van der Waals surface area contributed by atoms with Gasteiger partial charge in [0.2, 0.25) is 5.91 Å². The number of hydrogen-bond acceptors (Lipinski definition) is 4. The number of aliphatic hydroxyl groups is 1. The first-order valence-electron chi connectivity index (χ1n) is 7.02. The second-order valence-corrected chi connectivity index (χ2v) is 5.57. The SMILES string of the molecule is CC(C)N(C(=O)O)C1CCC(NC(=O)CN)C(CO)C1. The van der Waals surface area contributed by atoms with Crippen molar-refractivity contribution in [1.82, 2.24) is 10.2 Å². The quantitative estimate of drug-likeness (QED) is 0.567. The summed E-state index contributed by atoms with van der Waals surface area (Å²) >= 11 is 0. The molecule has 0 aromatic heterocycles. The van der Waals surface area contributed by atoms with E-state index in [1.165, 1.54) is 4.90 Å². The largest absolute Gasteiger partial charge is 0.465 e. The van der Waals surface area contributed by atoms with Crippen molar-refractivity contribution in [2.75, 3.05) is 13.2 Å². The zero-order valence-corrected chi connectivity index (χ0v) is 12.1. The van der Waals surface area contributed by atoms with Crippen LogP contribution in [0, 0.1) is 5.92 Å². The zero-order valence-electron chi connectivity index (χ0n) is 12.1. The van der Waals surface area contributed by atoms with Gasteiger partial charge in [0.05, 0.1) is 6.54 Å². The van der Waals surface area contributed by atoms with Gasteiger partial charge in [0.25, 0.3) is 0 Å². The van der Waals surface area contributed by atoms with Gasteiger partial charge in [-0.2, -0.15) is 0 Å².